The van der Waals surface area contributed by atoms with E-state index >= 15 is 0 Å². The third kappa shape index (κ3) is 5.24. The number of nitrogens with one attached hydrogen (secondary N) is 1. The van der Waals surface area contributed by atoms with E-state index in [2.05, 4.69) is 61.1 Å². The Morgan fingerprint density at radius 1 is 1.09 bits per heavy atom. The number of anilines is 1. The van der Waals surface area contributed by atoms with E-state index in [1.165, 1.54) is 11.1 Å². The smallest absolute Gasteiger partial charge is 0.231 e. The van der Waals surface area contributed by atoms with Crippen LogP contribution >= 0.6 is 15.9 Å². The van der Waals surface area contributed by atoms with Gasteiger partial charge < -0.3 is 5.32 Å². The number of rotatable bonds is 8. The van der Waals surface area contributed by atoms with Gasteiger partial charge >= 0.3 is 0 Å². The van der Waals surface area contributed by atoms with Crippen LogP contribution in [0.4, 0.5) is 5.69 Å². The molecule has 0 spiro atoms. The van der Waals surface area contributed by atoms with Crippen LogP contribution in [0.5, 0.6) is 0 Å². The predicted molar refractivity (Wildman–Crippen MR) is 95.9 cm³/mol. The third-order valence-corrected chi connectivity index (χ3v) is 4.79. The zero-order valence-corrected chi connectivity index (χ0v) is 15.5. The summed E-state index contributed by atoms with van der Waals surface area (Å²) in [6, 6.07) is 6.10. The lowest BCUT2D eigenvalue weighted by atomic mass is 9.86. The van der Waals surface area contributed by atoms with Crippen molar-refractivity contribution in [3.05, 3.63) is 29.3 Å². The lowest BCUT2D eigenvalue weighted by molar-refractivity contribution is -0.123. The minimum absolute atomic E-state index is 0.0863. The lowest BCUT2D eigenvalue weighted by Crippen LogP contribution is -2.17. The second-order valence-corrected chi connectivity index (χ2v) is 6.42. The minimum atomic E-state index is -0.254. The van der Waals surface area contributed by atoms with Crippen molar-refractivity contribution in [1.82, 2.24) is 0 Å². The van der Waals surface area contributed by atoms with E-state index in [0.717, 1.165) is 18.5 Å². The van der Waals surface area contributed by atoms with Crippen LogP contribution in [0.1, 0.15) is 69.9 Å². The van der Waals surface area contributed by atoms with Crippen molar-refractivity contribution in [1.29, 1.82) is 0 Å². The molecule has 122 valence electrons. The molecule has 1 N–H and O–H groups in total. The van der Waals surface area contributed by atoms with Gasteiger partial charge in [0.1, 0.15) is 0 Å². The van der Waals surface area contributed by atoms with Gasteiger partial charge in [-0.1, -0.05) is 49.7 Å². The molecular formula is C18H26BrNO2. The van der Waals surface area contributed by atoms with Crippen LogP contribution in [0.25, 0.3) is 0 Å². The SMILES string of the molecule is CCC(C)c1ccc(NC(=O)CC(=O)CBr)cc1C(C)CC. The van der Waals surface area contributed by atoms with Crippen LogP contribution in [0, 0.1) is 0 Å². The molecule has 2 atom stereocenters. The summed E-state index contributed by atoms with van der Waals surface area (Å²) in [6.45, 7) is 8.80. The largest absolute Gasteiger partial charge is 0.326 e. The Bertz CT molecular complexity index is 528. The molecule has 1 amide bonds. The topological polar surface area (TPSA) is 46.2 Å². The highest BCUT2D eigenvalue weighted by Crippen LogP contribution is 2.32. The number of carbonyl (C=O) groups excluding carboxylic acids is 2. The number of Topliss-reactive ketones (excluding diaryl/α,β-unsaturated/α-hetero) is 1. The average Bonchev–Trinajstić information content (AvgIpc) is 2.52. The number of benzene rings is 1. The molecule has 22 heavy (non-hydrogen) atoms. The molecule has 4 heteroatoms. The molecule has 0 bridgehead atoms. The van der Waals surface area contributed by atoms with Gasteiger partial charge in [0.05, 0.1) is 11.8 Å². The first-order valence-corrected chi connectivity index (χ1v) is 9.06. The summed E-state index contributed by atoms with van der Waals surface area (Å²) in [5.74, 6) is 0.584. The monoisotopic (exact) mass is 367 g/mol. The highest BCUT2D eigenvalue weighted by Gasteiger charge is 2.15. The summed E-state index contributed by atoms with van der Waals surface area (Å²) < 4.78 is 0. The summed E-state index contributed by atoms with van der Waals surface area (Å²) in [5.41, 5.74) is 3.42. The second-order valence-electron chi connectivity index (χ2n) is 5.86. The molecule has 0 saturated heterocycles. The molecule has 0 fully saturated rings. The highest BCUT2D eigenvalue weighted by molar-refractivity contribution is 9.09. The molecular weight excluding hydrogens is 342 g/mol. The summed E-state index contributed by atoms with van der Waals surface area (Å²) in [4.78, 5) is 23.2. The maximum absolute atomic E-state index is 11.9. The number of alkyl halides is 1. The van der Waals surface area contributed by atoms with Gasteiger partial charge in [0.25, 0.3) is 0 Å². The fourth-order valence-corrected chi connectivity index (χ4v) is 2.60. The molecule has 1 aromatic carbocycles. The Labute approximate surface area is 142 Å². The first-order valence-electron chi connectivity index (χ1n) is 7.94. The maximum atomic E-state index is 11.9. The van der Waals surface area contributed by atoms with E-state index in [0.29, 0.717) is 11.8 Å². The Hall–Kier alpha value is -1.16. The van der Waals surface area contributed by atoms with Crippen LogP contribution in [-0.4, -0.2) is 17.0 Å². The molecule has 2 unspecified atom stereocenters. The maximum Gasteiger partial charge on any atom is 0.231 e. The molecule has 0 aliphatic rings. The second kappa shape index (κ2) is 9.09. The Kier molecular flexibility index (Phi) is 7.80. The first-order chi connectivity index (χ1) is 10.4. The van der Waals surface area contributed by atoms with Crippen molar-refractivity contribution >= 4 is 33.3 Å². The summed E-state index contributed by atoms with van der Waals surface area (Å²) in [5, 5.41) is 3.04. The van der Waals surface area contributed by atoms with E-state index < -0.39 is 0 Å². The number of amides is 1. The molecule has 0 aliphatic heterocycles. The number of hydrogen-bond donors (Lipinski definition) is 1. The van der Waals surface area contributed by atoms with Gasteiger partial charge in [-0.05, 0) is 47.9 Å². The van der Waals surface area contributed by atoms with Gasteiger partial charge in [0.15, 0.2) is 5.78 Å². The fourth-order valence-electron chi connectivity index (χ4n) is 2.40. The van der Waals surface area contributed by atoms with Crippen LogP contribution < -0.4 is 5.32 Å². The molecule has 0 radical (unpaired) electrons. The van der Waals surface area contributed by atoms with E-state index in [1.54, 1.807) is 0 Å². The first kappa shape index (κ1) is 18.9. The summed E-state index contributed by atoms with van der Waals surface area (Å²) in [7, 11) is 0. The Balaban J connectivity index is 2.98. The number of hydrogen-bond acceptors (Lipinski definition) is 2. The molecule has 0 heterocycles. The average molecular weight is 368 g/mol. The lowest BCUT2D eigenvalue weighted by Gasteiger charge is -2.20. The van der Waals surface area contributed by atoms with Crippen LogP contribution in [0.2, 0.25) is 0 Å². The molecule has 0 saturated carbocycles. The number of ketones is 1. The van der Waals surface area contributed by atoms with Crippen molar-refractivity contribution in [3.8, 4) is 0 Å². The van der Waals surface area contributed by atoms with Crippen LogP contribution in [-0.2, 0) is 9.59 Å². The Morgan fingerprint density at radius 3 is 2.23 bits per heavy atom. The molecule has 0 aliphatic carbocycles. The Morgan fingerprint density at radius 2 is 1.68 bits per heavy atom. The third-order valence-electron chi connectivity index (χ3n) is 4.16. The van der Waals surface area contributed by atoms with Crippen molar-refractivity contribution in [3.63, 3.8) is 0 Å². The van der Waals surface area contributed by atoms with E-state index in [4.69, 9.17) is 0 Å². The van der Waals surface area contributed by atoms with Gasteiger partial charge in [0.2, 0.25) is 5.91 Å². The summed E-state index contributed by atoms with van der Waals surface area (Å²) in [6.07, 6.45) is 2.06. The zero-order valence-electron chi connectivity index (χ0n) is 13.9. The quantitative estimate of drug-likeness (QED) is 0.518. The number of halogens is 1. The van der Waals surface area contributed by atoms with Gasteiger partial charge in [-0.3, -0.25) is 9.59 Å². The van der Waals surface area contributed by atoms with Crippen LogP contribution in [0.15, 0.2) is 18.2 Å². The van der Waals surface area contributed by atoms with Gasteiger partial charge in [0, 0.05) is 5.69 Å². The fraction of sp³-hybridized carbons (Fsp3) is 0.556. The van der Waals surface area contributed by atoms with E-state index in [1.807, 2.05) is 6.07 Å². The molecule has 1 rings (SSSR count). The highest BCUT2D eigenvalue weighted by atomic mass is 79.9. The minimum Gasteiger partial charge on any atom is -0.326 e. The summed E-state index contributed by atoms with van der Waals surface area (Å²) >= 11 is 3.07. The van der Waals surface area contributed by atoms with Gasteiger partial charge in [-0.2, -0.15) is 0 Å². The van der Waals surface area contributed by atoms with Crippen molar-refractivity contribution in [2.75, 3.05) is 10.6 Å². The van der Waals surface area contributed by atoms with E-state index in [-0.39, 0.29) is 23.4 Å². The number of carbonyl (C=O) groups is 2. The van der Waals surface area contributed by atoms with Crippen molar-refractivity contribution in [2.45, 2.75) is 58.8 Å². The normalized spacial score (nSPS) is 13.5. The predicted octanol–water partition coefficient (Wildman–Crippen LogP) is 5.01. The van der Waals surface area contributed by atoms with Crippen LogP contribution in [0.3, 0.4) is 0 Å². The van der Waals surface area contributed by atoms with Gasteiger partial charge in [-0.15, -0.1) is 0 Å². The molecule has 3 nitrogen and oxygen atoms in total. The zero-order chi connectivity index (χ0) is 16.7. The van der Waals surface area contributed by atoms with E-state index in [9.17, 15) is 9.59 Å². The standard InChI is InChI=1S/C18H26BrNO2/c1-5-12(3)16-8-7-14(9-17(16)13(4)6-2)20-18(22)10-15(21)11-19/h7-9,12-13H,5-6,10-11H2,1-4H3,(H,20,22). The van der Waals surface area contributed by atoms with Crippen molar-refractivity contribution in [2.24, 2.45) is 0 Å². The molecule has 1 aromatic rings. The van der Waals surface area contributed by atoms with Crippen molar-refractivity contribution < 1.29 is 9.59 Å². The van der Waals surface area contributed by atoms with Gasteiger partial charge in [-0.25, -0.2) is 0 Å². The molecule has 0 aromatic heterocycles.